The number of sulfonamides is 1. The van der Waals surface area contributed by atoms with Crippen LogP contribution >= 0.6 is 0 Å². The molecule has 1 unspecified atom stereocenters. The molecule has 7 nitrogen and oxygen atoms in total. The van der Waals surface area contributed by atoms with Crippen molar-refractivity contribution in [2.45, 2.75) is 37.4 Å². The number of hydrogen-bond acceptors (Lipinski definition) is 6. The van der Waals surface area contributed by atoms with Crippen molar-refractivity contribution >= 4 is 19.9 Å². The monoisotopic (exact) mass is 336 g/mol. The zero-order valence-corrected chi connectivity index (χ0v) is 13.7. The van der Waals surface area contributed by atoms with Crippen LogP contribution in [0.3, 0.4) is 0 Å². The molecule has 2 heterocycles. The Labute approximate surface area is 125 Å². The highest BCUT2D eigenvalue weighted by Gasteiger charge is 2.42. The Kier molecular flexibility index (Phi) is 4.48. The molecule has 0 bridgehead atoms. The number of sulfone groups is 1. The Morgan fingerprint density at radius 1 is 1.38 bits per heavy atom. The lowest BCUT2D eigenvalue weighted by Crippen LogP contribution is -2.46. The van der Waals surface area contributed by atoms with E-state index in [1.807, 2.05) is 6.92 Å². The lowest BCUT2D eigenvalue weighted by atomic mass is 10.0. The minimum Gasteiger partial charge on any atom is -0.447 e. The van der Waals surface area contributed by atoms with Crippen LogP contribution in [0.5, 0.6) is 0 Å². The van der Waals surface area contributed by atoms with Gasteiger partial charge in [0.05, 0.1) is 18.1 Å². The molecule has 2 rings (SSSR count). The Morgan fingerprint density at radius 2 is 2.10 bits per heavy atom. The fourth-order valence-corrected chi connectivity index (χ4v) is 5.88. The van der Waals surface area contributed by atoms with Crippen LogP contribution in [0, 0.1) is 0 Å². The van der Waals surface area contributed by atoms with E-state index in [-0.39, 0.29) is 23.0 Å². The predicted molar refractivity (Wildman–Crippen MR) is 78.1 cm³/mol. The topological polar surface area (TPSA) is 105 Å². The van der Waals surface area contributed by atoms with Crippen molar-refractivity contribution in [3.63, 3.8) is 0 Å². The minimum absolute atomic E-state index is 0.00412. The molecule has 9 heteroatoms. The first-order valence-electron chi connectivity index (χ1n) is 6.70. The summed E-state index contributed by atoms with van der Waals surface area (Å²) < 4.78 is 55.3. The maximum Gasteiger partial charge on any atom is 0.274 e. The molecule has 0 aliphatic carbocycles. The summed E-state index contributed by atoms with van der Waals surface area (Å²) in [6, 6.07) is 2.97. The molecule has 21 heavy (non-hydrogen) atoms. The molecule has 0 amide bonds. The van der Waals surface area contributed by atoms with Gasteiger partial charge in [0.1, 0.15) is 5.76 Å². The van der Waals surface area contributed by atoms with Crippen molar-refractivity contribution in [1.82, 2.24) is 10.0 Å². The van der Waals surface area contributed by atoms with E-state index in [4.69, 9.17) is 4.42 Å². The normalized spacial score (nSPS) is 25.2. The molecule has 1 aromatic rings. The van der Waals surface area contributed by atoms with Crippen LogP contribution in [0.2, 0.25) is 0 Å². The van der Waals surface area contributed by atoms with Gasteiger partial charge in [-0.05, 0) is 32.0 Å². The van der Waals surface area contributed by atoms with Gasteiger partial charge in [-0.2, -0.15) is 0 Å². The molecular formula is C12H20N2O5S2. The van der Waals surface area contributed by atoms with Crippen LogP contribution < -0.4 is 10.0 Å². The fourth-order valence-electron chi connectivity index (χ4n) is 2.31. The van der Waals surface area contributed by atoms with Gasteiger partial charge in [0.2, 0.25) is 5.09 Å². The zero-order valence-electron chi connectivity index (χ0n) is 12.0. The number of furan rings is 1. The minimum atomic E-state index is -3.87. The van der Waals surface area contributed by atoms with Crippen molar-refractivity contribution in [3.8, 4) is 0 Å². The number of rotatable bonds is 6. The molecule has 0 saturated carbocycles. The van der Waals surface area contributed by atoms with E-state index in [0.717, 1.165) is 6.54 Å². The molecule has 1 saturated heterocycles. The largest absolute Gasteiger partial charge is 0.447 e. The van der Waals surface area contributed by atoms with Crippen molar-refractivity contribution in [2.24, 2.45) is 0 Å². The van der Waals surface area contributed by atoms with Crippen LogP contribution in [0.25, 0.3) is 0 Å². The third-order valence-corrected chi connectivity index (χ3v) is 6.75. The van der Waals surface area contributed by atoms with Crippen LogP contribution in [-0.2, 0) is 26.4 Å². The van der Waals surface area contributed by atoms with E-state index in [1.54, 1.807) is 13.0 Å². The van der Waals surface area contributed by atoms with Crippen molar-refractivity contribution in [3.05, 3.63) is 17.9 Å². The maximum absolute atomic E-state index is 12.3. The van der Waals surface area contributed by atoms with Crippen molar-refractivity contribution in [1.29, 1.82) is 0 Å². The third kappa shape index (κ3) is 4.06. The molecule has 120 valence electrons. The van der Waals surface area contributed by atoms with E-state index in [9.17, 15) is 16.8 Å². The van der Waals surface area contributed by atoms with Gasteiger partial charge in [0.15, 0.2) is 9.84 Å². The Balaban J connectivity index is 2.13. The Morgan fingerprint density at radius 3 is 2.67 bits per heavy atom. The Hall–Kier alpha value is -0.900. The summed E-state index contributed by atoms with van der Waals surface area (Å²) in [5.41, 5.74) is -0.980. The molecule has 0 radical (unpaired) electrons. The summed E-state index contributed by atoms with van der Waals surface area (Å²) in [5, 5.41) is 2.84. The highest BCUT2D eigenvalue weighted by molar-refractivity contribution is 7.92. The smallest absolute Gasteiger partial charge is 0.274 e. The third-order valence-electron chi connectivity index (χ3n) is 3.34. The predicted octanol–water partition coefficient (Wildman–Crippen LogP) is 0.245. The lowest BCUT2D eigenvalue weighted by molar-refractivity contribution is 0.390. The van der Waals surface area contributed by atoms with E-state index in [1.165, 1.54) is 6.07 Å². The zero-order chi connectivity index (χ0) is 15.7. The molecule has 2 N–H and O–H groups in total. The van der Waals surface area contributed by atoms with Gasteiger partial charge in [-0.3, -0.25) is 0 Å². The van der Waals surface area contributed by atoms with Crippen LogP contribution in [-0.4, -0.2) is 40.4 Å². The van der Waals surface area contributed by atoms with Gasteiger partial charge in [0.25, 0.3) is 10.0 Å². The van der Waals surface area contributed by atoms with E-state index < -0.39 is 25.4 Å². The average molecular weight is 336 g/mol. The summed E-state index contributed by atoms with van der Waals surface area (Å²) in [6.07, 6.45) is 0.263. The molecule has 1 aliphatic heterocycles. The maximum atomic E-state index is 12.3. The number of nitrogens with one attached hydrogen (secondary N) is 2. The first kappa shape index (κ1) is 16.5. The van der Waals surface area contributed by atoms with Crippen LogP contribution in [0.15, 0.2) is 21.6 Å². The van der Waals surface area contributed by atoms with Gasteiger partial charge in [-0.15, -0.1) is 0 Å². The van der Waals surface area contributed by atoms with Crippen LogP contribution in [0.1, 0.15) is 26.0 Å². The van der Waals surface area contributed by atoms with Crippen molar-refractivity contribution in [2.75, 3.05) is 18.1 Å². The number of hydrogen-bond donors (Lipinski definition) is 2. The molecule has 1 aromatic heterocycles. The highest BCUT2D eigenvalue weighted by Crippen LogP contribution is 2.25. The standard InChI is InChI=1S/C12H20N2O5S2/c1-3-13-8-10-4-5-11(19-10)21(17,18)14-12(2)6-7-20(15,16)9-12/h4-5,13-14H,3,6-9H2,1-2H3. The van der Waals surface area contributed by atoms with Gasteiger partial charge in [-0.25, -0.2) is 21.6 Å². The summed E-state index contributed by atoms with van der Waals surface area (Å²) in [4.78, 5) is 0. The van der Waals surface area contributed by atoms with Gasteiger partial charge >= 0.3 is 0 Å². The van der Waals surface area contributed by atoms with Gasteiger partial charge in [-0.1, -0.05) is 6.92 Å². The van der Waals surface area contributed by atoms with E-state index in [2.05, 4.69) is 10.0 Å². The summed E-state index contributed by atoms with van der Waals surface area (Å²) in [5.74, 6) is 0.321. The summed E-state index contributed by atoms with van der Waals surface area (Å²) >= 11 is 0. The first-order chi connectivity index (χ1) is 9.66. The summed E-state index contributed by atoms with van der Waals surface area (Å²) in [7, 11) is -7.05. The van der Waals surface area contributed by atoms with E-state index in [0.29, 0.717) is 12.3 Å². The quantitative estimate of drug-likeness (QED) is 0.771. The van der Waals surface area contributed by atoms with Gasteiger partial charge < -0.3 is 9.73 Å². The second-order valence-electron chi connectivity index (χ2n) is 5.51. The second-order valence-corrected chi connectivity index (χ2v) is 9.31. The molecule has 0 spiro atoms. The first-order valence-corrected chi connectivity index (χ1v) is 10.0. The summed E-state index contributed by atoms with van der Waals surface area (Å²) in [6.45, 7) is 4.72. The molecular weight excluding hydrogens is 316 g/mol. The van der Waals surface area contributed by atoms with Crippen molar-refractivity contribution < 1.29 is 21.3 Å². The van der Waals surface area contributed by atoms with E-state index >= 15 is 0 Å². The van der Waals surface area contributed by atoms with Gasteiger partial charge in [0, 0.05) is 5.54 Å². The molecule has 1 atom stereocenters. The fraction of sp³-hybridized carbons (Fsp3) is 0.667. The Bertz CT molecular complexity index is 708. The molecule has 1 fully saturated rings. The SMILES string of the molecule is CCNCc1ccc(S(=O)(=O)NC2(C)CCS(=O)(=O)C2)o1. The highest BCUT2D eigenvalue weighted by atomic mass is 32.2. The second kappa shape index (κ2) is 5.71. The lowest BCUT2D eigenvalue weighted by Gasteiger charge is -2.22. The molecule has 1 aliphatic rings. The molecule has 0 aromatic carbocycles. The average Bonchev–Trinajstić information content (AvgIpc) is 2.91. The van der Waals surface area contributed by atoms with Crippen LogP contribution in [0.4, 0.5) is 0 Å².